The lowest BCUT2D eigenvalue weighted by molar-refractivity contribution is -0.166. The van der Waals surface area contributed by atoms with Gasteiger partial charge in [0.2, 0.25) is 0 Å². The van der Waals surface area contributed by atoms with Crippen molar-refractivity contribution in [2.75, 3.05) is 6.61 Å². The molecule has 11 unspecified atom stereocenters. The molecule has 186 valence electrons. The second kappa shape index (κ2) is 7.44. The van der Waals surface area contributed by atoms with Gasteiger partial charge in [0, 0.05) is 17.8 Å². The van der Waals surface area contributed by atoms with Crippen LogP contribution in [-0.4, -0.2) is 48.3 Å². The number of rotatable bonds is 6. The Labute approximate surface area is 199 Å². The van der Waals surface area contributed by atoms with Crippen molar-refractivity contribution in [2.45, 2.75) is 71.2 Å². The molecule has 2 aliphatic heterocycles. The predicted molar refractivity (Wildman–Crippen MR) is 116 cm³/mol. The van der Waals surface area contributed by atoms with Gasteiger partial charge in [0.25, 0.3) is 0 Å². The smallest absolute Gasteiger partial charge is 0.310 e. The van der Waals surface area contributed by atoms with Crippen molar-refractivity contribution in [1.29, 1.82) is 0 Å². The van der Waals surface area contributed by atoms with Gasteiger partial charge in [-0.25, -0.2) is 0 Å². The zero-order valence-corrected chi connectivity index (χ0v) is 20.2. The van der Waals surface area contributed by atoms with Gasteiger partial charge in [-0.3, -0.25) is 19.2 Å². The molecule has 0 spiro atoms. The monoisotopic (exact) mass is 474 g/mol. The zero-order chi connectivity index (χ0) is 24.1. The Hall–Kier alpha value is -2.12. The molecule has 4 bridgehead atoms. The maximum atomic E-state index is 12.9. The van der Waals surface area contributed by atoms with E-state index in [2.05, 4.69) is 6.92 Å². The van der Waals surface area contributed by atoms with Crippen LogP contribution in [0.25, 0.3) is 0 Å². The molecule has 0 aromatic rings. The summed E-state index contributed by atoms with van der Waals surface area (Å²) in [6.45, 7) is 7.84. The molecule has 2 saturated heterocycles. The first-order valence-corrected chi connectivity index (χ1v) is 12.9. The molecule has 0 amide bonds. The van der Waals surface area contributed by atoms with E-state index in [0.717, 1.165) is 19.3 Å². The molecule has 8 heteroatoms. The molecule has 4 aliphatic carbocycles. The van der Waals surface area contributed by atoms with E-state index in [4.69, 9.17) is 18.9 Å². The highest BCUT2D eigenvalue weighted by molar-refractivity contribution is 5.86. The largest absolute Gasteiger partial charge is 0.465 e. The van der Waals surface area contributed by atoms with Crippen LogP contribution < -0.4 is 0 Å². The minimum atomic E-state index is -0.604. The molecule has 0 radical (unpaired) electrons. The molecule has 34 heavy (non-hydrogen) atoms. The fourth-order valence-electron chi connectivity index (χ4n) is 8.55. The molecule has 0 N–H and O–H groups in total. The molecule has 0 aromatic carbocycles. The summed E-state index contributed by atoms with van der Waals surface area (Å²) < 4.78 is 22.5. The molecular weight excluding hydrogens is 440 g/mol. The van der Waals surface area contributed by atoms with E-state index in [-0.39, 0.29) is 96.0 Å². The van der Waals surface area contributed by atoms with Crippen LogP contribution >= 0.6 is 0 Å². The quantitative estimate of drug-likeness (QED) is 0.329. The second-order valence-electron chi connectivity index (χ2n) is 12.4. The van der Waals surface area contributed by atoms with E-state index in [9.17, 15) is 19.2 Å². The molecule has 0 aromatic heterocycles. The molecule has 12 atom stereocenters. The summed E-state index contributed by atoms with van der Waals surface area (Å²) in [5.41, 5.74) is -0.604. The molecule has 6 rings (SSSR count). The Balaban J connectivity index is 1.06. The maximum Gasteiger partial charge on any atom is 0.310 e. The SMILES string of the molecule is C[C@@H]1C2CC3C(C(=O)OC31)C2C(=O)OCCCC1C2CC3C1OC(=O)C3C2C(=O)OC(C)(C)C. The lowest BCUT2D eigenvalue weighted by atomic mass is 9.72. The predicted octanol–water partition coefficient (Wildman–Crippen LogP) is 2.52. The van der Waals surface area contributed by atoms with Gasteiger partial charge in [-0.1, -0.05) is 6.92 Å². The van der Waals surface area contributed by atoms with E-state index in [0.29, 0.717) is 6.42 Å². The number of hydrogen-bond acceptors (Lipinski definition) is 8. The summed E-state index contributed by atoms with van der Waals surface area (Å²) >= 11 is 0. The molecule has 2 heterocycles. The number of ether oxygens (including phenoxy) is 4. The van der Waals surface area contributed by atoms with E-state index in [1.165, 1.54) is 0 Å². The minimum Gasteiger partial charge on any atom is -0.465 e. The topological polar surface area (TPSA) is 105 Å². The first-order chi connectivity index (χ1) is 16.1. The van der Waals surface area contributed by atoms with Gasteiger partial charge in [-0.05, 0) is 64.2 Å². The van der Waals surface area contributed by atoms with Crippen molar-refractivity contribution < 1.29 is 38.1 Å². The van der Waals surface area contributed by atoms with Crippen molar-refractivity contribution in [3.05, 3.63) is 0 Å². The molecule has 8 nitrogen and oxygen atoms in total. The van der Waals surface area contributed by atoms with Gasteiger partial charge in [-0.2, -0.15) is 0 Å². The van der Waals surface area contributed by atoms with Gasteiger partial charge in [0.15, 0.2) is 0 Å². The van der Waals surface area contributed by atoms with Gasteiger partial charge < -0.3 is 18.9 Å². The molecule has 6 fully saturated rings. The van der Waals surface area contributed by atoms with Crippen LogP contribution in [0.3, 0.4) is 0 Å². The number of carbonyl (C=O) groups is 4. The van der Waals surface area contributed by atoms with Crippen molar-refractivity contribution in [1.82, 2.24) is 0 Å². The van der Waals surface area contributed by atoms with Crippen LogP contribution in [-0.2, 0) is 38.1 Å². The summed E-state index contributed by atoms with van der Waals surface area (Å²) in [5.74, 6) is -1.89. The fourth-order valence-corrected chi connectivity index (χ4v) is 8.55. The van der Waals surface area contributed by atoms with Crippen molar-refractivity contribution in [2.24, 2.45) is 59.2 Å². The summed E-state index contributed by atoms with van der Waals surface area (Å²) in [6, 6.07) is 0. The Morgan fingerprint density at radius 1 is 0.882 bits per heavy atom. The van der Waals surface area contributed by atoms with E-state index in [1.807, 2.05) is 20.8 Å². The Morgan fingerprint density at radius 3 is 2.15 bits per heavy atom. The van der Waals surface area contributed by atoms with Crippen LogP contribution in [0.4, 0.5) is 0 Å². The number of carbonyl (C=O) groups excluding carboxylic acids is 4. The van der Waals surface area contributed by atoms with Crippen LogP contribution in [0.2, 0.25) is 0 Å². The van der Waals surface area contributed by atoms with Crippen LogP contribution in [0.1, 0.15) is 53.4 Å². The van der Waals surface area contributed by atoms with E-state index < -0.39 is 11.5 Å². The third kappa shape index (κ3) is 3.08. The lowest BCUT2D eigenvalue weighted by Gasteiger charge is -2.32. The Kier molecular flexibility index (Phi) is 4.89. The highest BCUT2D eigenvalue weighted by atomic mass is 16.6. The van der Waals surface area contributed by atoms with Gasteiger partial charge in [0.05, 0.1) is 30.3 Å². The van der Waals surface area contributed by atoms with Crippen LogP contribution in [0.15, 0.2) is 0 Å². The van der Waals surface area contributed by atoms with Crippen molar-refractivity contribution in [3.63, 3.8) is 0 Å². The Morgan fingerprint density at radius 2 is 1.47 bits per heavy atom. The fraction of sp³-hybridized carbons (Fsp3) is 0.846. The average molecular weight is 475 g/mol. The summed E-state index contributed by atoms with van der Waals surface area (Å²) in [6.07, 6.45) is 2.86. The van der Waals surface area contributed by atoms with Crippen molar-refractivity contribution >= 4 is 23.9 Å². The number of esters is 4. The zero-order valence-electron chi connectivity index (χ0n) is 20.2. The van der Waals surface area contributed by atoms with Gasteiger partial charge in [-0.15, -0.1) is 0 Å². The number of fused-ring (bicyclic) bond motifs is 2. The first kappa shape index (κ1) is 22.4. The van der Waals surface area contributed by atoms with Crippen molar-refractivity contribution in [3.8, 4) is 0 Å². The standard InChI is InChI=1S/C26H34O8/c1-10-12-8-14-18(23(28)32-20(10)14)16(12)22(27)31-7-5-6-11-13-9-15-19(24(29)33-21(11)15)17(13)25(30)34-26(2,3)4/h10-21H,5-9H2,1-4H3/t10-,11?,12?,13?,14?,15?,16?,17?,18?,19?,20?,21?/m1/s1. The third-order valence-corrected chi connectivity index (χ3v) is 9.64. The normalized spacial score (nSPS) is 47.2. The third-order valence-electron chi connectivity index (χ3n) is 9.64. The van der Waals surface area contributed by atoms with E-state index >= 15 is 0 Å². The molecule has 6 aliphatic rings. The average Bonchev–Trinajstić information content (AvgIpc) is 3.52. The lowest BCUT2D eigenvalue weighted by Crippen LogP contribution is -2.41. The van der Waals surface area contributed by atoms with E-state index in [1.54, 1.807) is 0 Å². The van der Waals surface area contributed by atoms with Crippen LogP contribution in [0.5, 0.6) is 0 Å². The minimum absolute atomic E-state index is 0.0276. The van der Waals surface area contributed by atoms with Crippen LogP contribution in [0, 0.1) is 59.2 Å². The molecule has 4 saturated carbocycles. The first-order valence-electron chi connectivity index (χ1n) is 12.9. The second-order valence-corrected chi connectivity index (χ2v) is 12.4. The van der Waals surface area contributed by atoms with Gasteiger partial charge >= 0.3 is 23.9 Å². The highest BCUT2D eigenvalue weighted by Gasteiger charge is 2.69. The number of hydrogen-bond donors (Lipinski definition) is 0. The summed E-state index contributed by atoms with van der Waals surface area (Å²) in [5, 5.41) is 0. The van der Waals surface area contributed by atoms with Gasteiger partial charge in [0.1, 0.15) is 17.8 Å². The molecular formula is C26H34O8. The summed E-state index contributed by atoms with van der Waals surface area (Å²) in [4.78, 5) is 50.7. The highest BCUT2D eigenvalue weighted by Crippen LogP contribution is 2.62. The Bertz CT molecular complexity index is 936. The summed E-state index contributed by atoms with van der Waals surface area (Å²) in [7, 11) is 0. The maximum absolute atomic E-state index is 12.9.